The van der Waals surface area contributed by atoms with Crippen LogP contribution in [-0.2, 0) is 22.7 Å². The zero-order valence-corrected chi connectivity index (χ0v) is 21.7. The van der Waals surface area contributed by atoms with Crippen molar-refractivity contribution in [3.8, 4) is 22.8 Å². The number of ether oxygens (including phenoxy) is 3. The summed E-state index contributed by atoms with van der Waals surface area (Å²) in [4.78, 5) is 13.0. The fourth-order valence-electron chi connectivity index (χ4n) is 4.71. The Labute approximate surface area is 223 Å². The number of benzene rings is 4. The lowest BCUT2D eigenvalue weighted by Crippen LogP contribution is -2.34. The number of para-hydroxylation sites is 1. The lowest BCUT2D eigenvalue weighted by atomic mass is 10.1. The second kappa shape index (κ2) is 11.7. The van der Waals surface area contributed by atoms with Crippen molar-refractivity contribution >= 4 is 16.9 Å². The van der Waals surface area contributed by atoms with Crippen LogP contribution in [0.2, 0.25) is 0 Å². The minimum absolute atomic E-state index is 0.284. The third kappa shape index (κ3) is 5.57. The Morgan fingerprint density at radius 3 is 2.16 bits per heavy atom. The van der Waals surface area contributed by atoms with E-state index in [1.165, 1.54) is 0 Å². The van der Waals surface area contributed by atoms with Crippen molar-refractivity contribution < 1.29 is 19.0 Å². The van der Waals surface area contributed by atoms with Crippen molar-refractivity contribution in [2.45, 2.75) is 33.1 Å². The lowest BCUT2D eigenvalue weighted by Gasteiger charge is -2.21. The van der Waals surface area contributed by atoms with Crippen molar-refractivity contribution in [2.75, 3.05) is 6.61 Å². The van der Waals surface area contributed by atoms with Crippen molar-refractivity contribution in [2.24, 2.45) is 0 Å². The van der Waals surface area contributed by atoms with Gasteiger partial charge in [0, 0.05) is 10.9 Å². The molecule has 0 aliphatic heterocycles. The minimum atomic E-state index is -0.816. The summed E-state index contributed by atoms with van der Waals surface area (Å²) in [5.41, 5.74) is 5.32. The molecular formula is C33H31NO4. The number of rotatable bonds is 10. The number of hydrogen-bond donors (Lipinski definition) is 0. The van der Waals surface area contributed by atoms with E-state index in [0.717, 1.165) is 39.0 Å². The number of aryl methyl sites for hydroxylation is 1. The molecule has 1 unspecified atom stereocenters. The van der Waals surface area contributed by atoms with Crippen LogP contribution in [0.1, 0.15) is 18.1 Å². The normalized spacial score (nSPS) is 11.7. The van der Waals surface area contributed by atoms with E-state index in [1.807, 2.05) is 72.8 Å². The molecule has 5 aromatic rings. The molecule has 38 heavy (non-hydrogen) atoms. The molecule has 0 bridgehead atoms. The van der Waals surface area contributed by atoms with Gasteiger partial charge < -0.3 is 18.8 Å². The van der Waals surface area contributed by atoms with Gasteiger partial charge in [-0.25, -0.2) is 4.79 Å². The molecule has 0 saturated heterocycles. The van der Waals surface area contributed by atoms with Gasteiger partial charge in [0.25, 0.3) is 0 Å². The average molecular weight is 506 g/mol. The van der Waals surface area contributed by atoms with Crippen LogP contribution in [0.25, 0.3) is 22.2 Å². The summed E-state index contributed by atoms with van der Waals surface area (Å²) in [6, 6.07) is 35.8. The first-order valence-electron chi connectivity index (χ1n) is 12.9. The first-order valence-corrected chi connectivity index (χ1v) is 12.9. The van der Waals surface area contributed by atoms with Crippen molar-refractivity contribution in [1.82, 2.24) is 4.57 Å². The van der Waals surface area contributed by atoms with Crippen molar-refractivity contribution in [3.05, 3.63) is 120 Å². The van der Waals surface area contributed by atoms with Gasteiger partial charge in [-0.15, -0.1) is 0 Å². The van der Waals surface area contributed by atoms with E-state index in [9.17, 15) is 4.79 Å². The number of aromatic nitrogens is 1. The topological polar surface area (TPSA) is 49.7 Å². The van der Waals surface area contributed by atoms with Gasteiger partial charge in [0.15, 0.2) is 0 Å². The number of nitrogens with zero attached hydrogens (tertiary/aromatic N) is 1. The van der Waals surface area contributed by atoms with Gasteiger partial charge in [-0.2, -0.15) is 0 Å². The first kappa shape index (κ1) is 25.2. The molecule has 192 valence electrons. The monoisotopic (exact) mass is 505 g/mol. The molecule has 0 radical (unpaired) electrons. The quantitative estimate of drug-likeness (QED) is 0.188. The summed E-state index contributed by atoms with van der Waals surface area (Å²) in [7, 11) is 0. The Bertz CT molecular complexity index is 1490. The molecule has 0 aliphatic rings. The maximum atomic E-state index is 13.0. The number of esters is 1. The van der Waals surface area contributed by atoms with Crippen molar-refractivity contribution in [1.29, 1.82) is 0 Å². The molecule has 5 heteroatoms. The van der Waals surface area contributed by atoms with Crippen LogP contribution in [-0.4, -0.2) is 23.2 Å². The molecule has 5 rings (SSSR count). The molecule has 0 fully saturated rings. The van der Waals surface area contributed by atoms with Gasteiger partial charge in [-0.3, -0.25) is 0 Å². The fraction of sp³-hybridized carbons (Fsp3) is 0.182. The molecule has 0 N–H and O–H groups in total. The highest BCUT2D eigenvalue weighted by Crippen LogP contribution is 2.36. The van der Waals surface area contributed by atoms with Crippen LogP contribution < -0.4 is 9.47 Å². The van der Waals surface area contributed by atoms with Gasteiger partial charge >= 0.3 is 5.97 Å². The largest absolute Gasteiger partial charge is 0.489 e. The number of carbonyl (C=O) groups excluding carboxylic acids is 1. The predicted molar refractivity (Wildman–Crippen MR) is 150 cm³/mol. The van der Waals surface area contributed by atoms with E-state index in [1.54, 1.807) is 6.92 Å². The van der Waals surface area contributed by atoms with Gasteiger partial charge in [-0.1, -0.05) is 78.9 Å². The number of fused-ring (bicyclic) bond motifs is 1. The van der Waals surface area contributed by atoms with E-state index in [0.29, 0.717) is 18.9 Å². The van der Waals surface area contributed by atoms with Crippen LogP contribution in [0.4, 0.5) is 0 Å². The summed E-state index contributed by atoms with van der Waals surface area (Å²) < 4.78 is 19.9. The third-order valence-electron chi connectivity index (χ3n) is 6.50. The van der Waals surface area contributed by atoms with Crippen LogP contribution in [0.5, 0.6) is 11.5 Å². The summed E-state index contributed by atoms with van der Waals surface area (Å²) in [6.45, 7) is 4.99. The molecular weight excluding hydrogens is 474 g/mol. The number of hydrogen-bond acceptors (Lipinski definition) is 4. The summed E-state index contributed by atoms with van der Waals surface area (Å²) in [5.74, 6) is 1.03. The molecule has 0 aliphatic carbocycles. The van der Waals surface area contributed by atoms with Crippen molar-refractivity contribution in [3.63, 3.8) is 0 Å². The Morgan fingerprint density at radius 2 is 1.47 bits per heavy atom. The van der Waals surface area contributed by atoms with Crippen LogP contribution in [0, 0.1) is 6.92 Å². The van der Waals surface area contributed by atoms with Gasteiger partial charge in [-0.05, 0) is 60.9 Å². The van der Waals surface area contributed by atoms with E-state index < -0.39 is 12.1 Å². The lowest BCUT2D eigenvalue weighted by molar-refractivity contribution is -0.152. The standard InChI is InChI=1S/C33H31NO4/c1-3-36-33(35)31(38-27-17-11-6-12-18-27)22-34-30-20-19-28(37-23-25-13-7-4-8-14-25)21-29(30)24(2)32(34)26-15-9-5-10-16-26/h4-21,31H,3,22-23H2,1-2H3. The summed E-state index contributed by atoms with van der Waals surface area (Å²) in [6.07, 6.45) is -0.816. The Kier molecular flexibility index (Phi) is 7.74. The summed E-state index contributed by atoms with van der Waals surface area (Å²) in [5, 5.41) is 1.07. The molecule has 1 heterocycles. The SMILES string of the molecule is CCOC(=O)C(Cn1c(-c2ccccc2)c(C)c2cc(OCc3ccccc3)ccc21)Oc1ccccc1. The average Bonchev–Trinajstić information content (AvgIpc) is 3.23. The second-order valence-electron chi connectivity index (χ2n) is 9.08. The smallest absolute Gasteiger partial charge is 0.349 e. The molecule has 1 atom stereocenters. The zero-order chi connectivity index (χ0) is 26.3. The summed E-state index contributed by atoms with van der Waals surface area (Å²) >= 11 is 0. The molecule has 1 aromatic heterocycles. The van der Waals surface area contributed by atoms with E-state index in [-0.39, 0.29) is 6.61 Å². The Morgan fingerprint density at radius 1 is 0.816 bits per heavy atom. The predicted octanol–water partition coefficient (Wildman–Crippen LogP) is 7.21. The highest BCUT2D eigenvalue weighted by atomic mass is 16.6. The zero-order valence-electron chi connectivity index (χ0n) is 21.7. The highest BCUT2D eigenvalue weighted by Gasteiger charge is 2.26. The van der Waals surface area contributed by atoms with Crippen LogP contribution in [0.15, 0.2) is 109 Å². The first-order chi connectivity index (χ1) is 18.6. The molecule has 0 saturated carbocycles. The van der Waals surface area contributed by atoms with E-state index in [2.05, 4.69) is 47.9 Å². The molecule has 5 nitrogen and oxygen atoms in total. The van der Waals surface area contributed by atoms with Gasteiger partial charge in [0.05, 0.1) is 18.8 Å². The number of carbonyl (C=O) groups is 1. The molecule has 4 aromatic carbocycles. The van der Waals surface area contributed by atoms with Crippen LogP contribution in [0.3, 0.4) is 0 Å². The molecule has 0 spiro atoms. The minimum Gasteiger partial charge on any atom is -0.489 e. The maximum Gasteiger partial charge on any atom is 0.349 e. The Hall–Kier alpha value is -4.51. The van der Waals surface area contributed by atoms with Gasteiger partial charge in [0.1, 0.15) is 18.1 Å². The van der Waals surface area contributed by atoms with Crippen LogP contribution >= 0.6 is 0 Å². The third-order valence-corrected chi connectivity index (χ3v) is 6.50. The molecule has 0 amide bonds. The highest BCUT2D eigenvalue weighted by molar-refractivity contribution is 5.93. The fourth-order valence-corrected chi connectivity index (χ4v) is 4.71. The van der Waals surface area contributed by atoms with Gasteiger partial charge in [0.2, 0.25) is 6.10 Å². The maximum absolute atomic E-state index is 13.0. The van der Waals surface area contributed by atoms with E-state index >= 15 is 0 Å². The second-order valence-corrected chi connectivity index (χ2v) is 9.08. The van der Waals surface area contributed by atoms with E-state index in [4.69, 9.17) is 14.2 Å². The Balaban J connectivity index is 1.55.